The van der Waals surface area contributed by atoms with Crippen molar-refractivity contribution < 1.29 is 9.59 Å². The molecule has 0 saturated carbocycles. The number of amides is 1. The van der Waals surface area contributed by atoms with Gasteiger partial charge in [0.25, 0.3) is 0 Å². The van der Waals surface area contributed by atoms with E-state index in [4.69, 9.17) is 0 Å². The summed E-state index contributed by atoms with van der Waals surface area (Å²) >= 11 is 3.42. The summed E-state index contributed by atoms with van der Waals surface area (Å²) in [5, 5.41) is 6.10. The van der Waals surface area contributed by atoms with Gasteiger partial charge in [-0.25, -0.2) is 0 Å². The van der Waals surface area contributed by atoms with Crippen LogP contribution in [-0.2, 0) is 4.79 Å². The molecule has 0 aliphatic rings. The van der Waals surface area contributed by atoms with Crippen LogP contribution in [0.3, 0.4) is 0 Å². The Hall–Kier alpha value is -1.98. The van der Waals surface area contributed by atoms with E-state index < -0.39 is 0 Å². The van der Waals surface area contributed by atoms with Crippen LogP contribution in [0.5, 0.6) is 0 Å². The van der Waals surface area contributed by atoms with Gasteiger partial charge in [0.15, 0.2) is 5.78 Å². The minimum absolute atomic E-state index is 0.00910. The average Bonchev–Trinajstić information content (AvgIpc) is 2.57. The summed E-state index contributed by atoms with van der Waals surface area (Å²) in [6.45, 7) is 3.83. The van der Waals surface area contributed by atoms with E-state index in [1.165, 1.54) is 6.92 Å². The summed E-state index contributed by atoms with van der Waals surface area (Å²) in [6.07, 6.45) is 0.891. The monoisotopic (exact) mass is 388 g/mol. The number of carbonyl (C=O) groups is 2. The minimum Gasteiger partial charge on any atom is -0.325 e. The fourth-order valence-electron chi connectivity index (χ4n) is 2.40. The van der Waals surface area contributed by atoms with Crippen LogP contribution in [0.2, 0.25) is 0 Å². The largest absolute Gasteiger partial charge is 0.325 e. The minimum atomic E-state index is -0.110. The predicted molar refractivity (Wildman–Crippen MR) is 100 cm³/mol. The first-order valence-corrected chi connectivity index (χ1v) is 8.68. The number of nitrogens with one attached hydrogen (secondary N) is 2. The quantitative estimate of drug-likeness (QED) is 0.693. The Morgan fingerprint density at radius 2 is 1.67 bits per heavy atom. The summed E-state index contributed by atoms with van der Waals surface area (Å²) in [4.78, 5) is 23.3. The van der Waals surface area contributed by atoms with Gasteiger partial charge in [0.05, 0.1) is 6.54 Å². The fraction of sp³-hybridized carbons (Fsp3) is 0.263. The van der Waals surface area contributed by atoms with E-state index in [9.17, 15) is 9.59 Å². The Morgan fingerprint density at radius 1 is 1.04 bits per heavy atom. The molecule has 0 bridgehead atoms. The van der Waals surface area contributed by atoms with Crippen molar-refractivity contribution in [2.45, 2.75) is 26.3 Å². The average molecular weight is 389 g/mol. The van der Waals surface area contributed by atoms with Gasteiger partial charge in [-0.2, -0.15) is 0 Å². The third-order valence-electron chi connectivity index (χ3n) is 3.76. The lowest BCUT2D eigenvalue weighted by molar-refractivity contribution is -0.115. The second kappa shape index (κ2) is 8.76. The molecular weight excluding hydrogens is 368 g/mol. The molecule has 2 N–H and O–H groups in total. The first-order valence-electron chi connectivity index (χ1n) is 7.89. The molecule has 24 heavy (non-hydrogen) atoms. The molecule has 1 amide bonds. The highest BCUT2D eigenvalue weighted by Crippen LogP contribution is 2.19. The molecule has 0 fully saturated rings. The molecule has 0 heterocycles. The molecule has 0 radical (unpaired) electrons. The van der Waals surface area contributed by atoms with Crippen molar-refractivity contribution in [1.29, 1.82) is 0 Å². The van der Waals surface area contributed by atoms with Gasteiger partial charge in [-0.1, -0.05) is 35.0 Å². The van der Waals surface area contributed by atoms with Crippen LogP contribution in [-0.4, -0.2) is 18.2 Å². The Kier molecular flexibility index (Phi) is 6.70. The Morgan fingerprint density at radius 3 is 2.21 bits per heavy atom. The maximum Gasteiger partial charge on any atom is 0.238 e. The molecule has 4 nitrogen and oxygen atoms in total. The third-order valence-corrected chi connectivity index (χ3v) is 4.29. The number of ketones is 1. The molecule has 2 aromatic carbocycles. The lowest BCUT2D eigenvalue weighted by Crippen LogP contribution is -2.31. The van der Waals surface area contributed by atoms with E-state index in [0.29, 0.717) is 11.3 Å². The number of carbonyl (C=O) groups excluding carboxylic acids is 2. The summed E-state index contributed by atoms with van der Waals surface area (Å²) in [5.41, 5.74) is 2.47. The SMILES string of the molecule is CC[C@H](NCC(=O)Nc1ccc(C(C)=O)cc1)c1ccc(Br)cc1. The van der Waals surface area contributed by atoms with Gasteiger partial charge in [0, 0.05) is 21.8 Å². The van der Waals surface area contributed by atoms with E-state index in [1.807, 2.05) is 24.3 Å². The van der Waals surface area contributed by atoms with Crippen molar-refractivity contribution in [3.8, 4) is 0 Å². The molecule has 0 spiro atoms. The fourth-order valence-corrected chi connectivity index (χ4v) is 2.67. The van der Waals surface area contributed by atoms with Crippen molar-refractivity contribution in [1.82, 2.24) is 5.32 Å². The molecule has 5 heteroatoms. The van der Waals surface area contributed by atoms with E-state index in [1.54, 1.807) is 24.3 Å². The summed E-state index contributed by atoms with van der Waals surface area (Å²) in [7, 11) is 0. The number of Topliss-reactive ketones (excluding diaryl/α,β-unsaturated/α-hetero) is 1. The zero-order valence-corrected chi connectivity index (χ0v) is 15.4. The van der Waals surface area contributed by atoms with Gasteiger partial charge in [-0.05, 0) is 55.3 Å². The number of rotatable bonds is 7. The summed E-state index contributed by atoms with van der Waals surface area (Å²) in [6, 6.07) is 15.1. The van der Waals surface area contributed by atoms with Crippen LogP contribution < -0.4 is 10.6 Å². The smallest absolute Gasteiger partial charge is 0.238 e. The summed E-state index contributed by atoms with van der Waals surface area (Å²) < 4.78 is 1.04. The van der Waals surface area contributed by atoms with Gasteiger partial charge in [-0.3, -0.25) is 9.59 Å². The van der Waals surface area contributed by atoms with Crippen molar-refractivity contribution in [3.05, 3.63) is 64.1 Å². The number of halogens is 1. The second-order valence-electron chi connectivity index (χ2n) is 5.57. The van der Waals surface area contributed by atoms with E-state index in [2.05, 4.69) is 33.5 Å². The van der Waals surface area contributed by atoms with E-state index in [0.717, 1.165) is 16.5 Å². The van der Waals surface area contributed by atoms with Crippen LogP contribution in [0, 0.1) is 0 Å². The molecule has 0 aliphatic heterocycles. The van der Waals surface area contributed by atoms with Gasteiger partial charge >= 0.3 is 0 Å². The number of anilines is 1. The van der Waals surface area contributed by atoms with E-state index >= 15 is 0 Å². The van der Waals surface area contributed by atoms with Crippen LogP contribution in [0.15, 0.2) is 53.0 Å². The number of hydrogen-bond donors (Lipinski definition) is 2. The van der Waals surface area contributed by atoms with Crippen LogP contribution in [0.4, 0.5) is 5.69 Å². The molecule has 0 aliphatic carbocycles. The first kappa shape index (κ1) is 18.4. The highest BCUT2D eigenvalue weighted by atomic mass is 79.9. The lowest BCUT2D eigenvalue weighted by Gasteiger charge is -2.17. The zero-order chi connectivity index (χ0) is 17.5. The second-order valence-corrected chi connectivity index (χ2v) is 6.49. The molecule has 2 rings (SSSR count). The third kappa shape index (κ3) is 5.28. The molecule has 0 unspecified atom stereocenters. The number of benzene rings is 2. The maximum absolute atomic E-state index is 12.1. The van der Waals surface area contributed by atoms with Crippen molar-refractivity contribution in [3.63, 3.8) is 0 Å². The highest BCUT2D eigenvalue weighted by molar-refractivity contribution is 9.10. The van der Waals surface area contributed by atoms with E-state index in [-0.39, 0.29) is 24.3 Å². The molecule has 126 valence electrons. The predicted octanol–water partition coefficient (Wildman–Crippen LogP) is 4.33. The topological polar surface area (TPSA) is 58.2 Å². The maximum atomic E-state index is 12.1. The van der Waals surface area contributed by atoms with Crippen molar-refractivity contribution >= 4 is 33.3 Å². The molecule has 1 atom stereocenters. The van der Waals surface area contributed by atoms with Crippen LogP contribution in [0.25, 0.3) is 0 Å². The summed E-state index contributed by atoms with van der Waals surface area (Å²) in [5.74, 6) is -0.101. The van der Waals surface area contributed by atoms with Crippen molar-refractivity contribution in [2.75, 3.05) is 11.9 Å². The highest BCUT2D eigenvalue weighted by Gasteiger charge is 2.11. The number of hydrogen-bond acceptors (Lipinski definition) is 3. The first-order chi connectivity index (χ1) is 11.5. The Bertz CT molecular complexity index is 696. The molecule has 0 aromatic heterocycles. The van der Waals surface area contributed by atoms with Gasteiger partial charge in [0.2, 0.25) is 5.91 Å². The normalized spacial score (nSPS) is 11.8. The lowest BCUT2D eigenvalue weighted by atomic mass is 10.0. The Labute approximate surface area is 150 Å². The molecule has 2 aromatic rings. The standard InChI is InChI=1S/C19H21BrN2O2/c1-3-18(15-4-8-16(20)9-5-15)21-12-19(24)22-17-10-6-14(7-11-17)13(2)23/h4-11,18,21H,3,12H2,1-2H3,(H,22,24)/t18-/m0/s1. The zero-order valence-electron chi connectivity index (χ0n) is 13.8. The van der Waals surface area contributed by atoms with Crippen LogP contribution in [0.1, 0.15) is 42.2 Å². The van der Waals surface area contributed by atoms with Crippen molar-refractivity contribution in [2.24, 2.45) is 0 Å². The van der Waals surface area contributed by atoms with Gasteiger partial charge < -0.3 is 10.6 Å². The molecular formula is C19H21BrN2O2. The molecule has 0 saturated heterocycles. The van der Waals surface area contributed by atoms with Gasteiger partial charge in [0.1, 0.15) is 0 Å². The Balaban J connectivity index is 1.89. The van der Waals surface area contributed by atoms with Crippen LogP contribution >= 0.6 is 15.9 Å². The van der Waals surface area contributed by atoms with Gasteiger partial charge in [-0.15, -0.1) is 0 Å².